The van der Waals surface area contributed by atoms with Gasteiger partial charge >= 0.3 is 11.9 Å². The minimum Gasteiger partial charge on any atom is -0.492 e. The van der Waals surface area contributed by atoms with Gasteiger partial charge in [-0.15, -0.1) is 9.61 Å². The van der Waals surface area contributed by atoms with E-state index in [9.17, 15) is 0 Å². The number of hydrogen-bond acceptors (Lipinski definition) is 5. The Morgan fingerprint density at radius 1 is 1.70 bits per heavy atom. The van der Waals surface area contributed by atoms with Crippen molar-refractivity contribution < 1.29 is 9.52 Å². The number of hydrogen-bond donors (Lipinski definition) is 2. The highest BCUT2D eigenvalue weighted by Crippen LogP contribution is 2.12. The van der Waals surface area contributed by atoms with E-state index in [4.69, 9.17) is 15.3 Å². The summed E-state index contributed by atoms with van der Waals surface area (Å²) in [6.07, 6.45) is 1.23. The molecule has 2 rings (SSSR count). The van der Waals surface area contributed by atoms with Crippen molar-refractivity contribution in [3.05, 3.63) is 6.20 Å². The lowest BCUT2D eigenvalue weighted by atomic mass is 10.9. The van der Waals surface area contributed by atoms with Crippen LogP contribution in [0.3, 0.4) is 0 Å². The van der Waals surface area contributed by atoms with Crippen molar-refractivity contribution in [3.8, 4) is 5.88 Å². The molecule has 0 aliphatic carbocycles. The summed E-state index contributed by atoms with van der Waals surface area (Å²) in [5.41, 5.74) is 5.15. The summed E-state index contributed by atoms with van der Waals surface area (Å²) in [6, 6.07) is -0.0154. The summed E-state index contributed by atoms with van der Waals surface area (Å²) in [7, 11) is 0. The molecule has 0 saturated carbocycles. The first-order valence-corrected chi connectivity index (χ1v) is 2.56. The Hall–Kier alpha value is -1.72. The van der Waals surface area contributed by atoms with Gasteiger partial charge in [-0.3, -0.25) is 0 Å². The van der Waals surface area contributed by atoms with Gasteiger partial charge in [-0.05, 0) is 0 Å². The first kappa shape index (κ1) is 5.10. The first-order chi connectivity index (χ1) is 4.77. The van der Waals surface area contributed by atoms with Crippen LogP contribution in [-0.2, 0) is 0 Å². The molecule has 2 aromatic rings. The molecule has 0 amide bonds. The van der Waals surface area contributed by atoms with E-state index in [-0.39, 0.29) is 17.7 Å². The Morgan fingerprint density at radius 3 is 3.20 bits per heavy atom. The van der Waals surface area contributed by atoms with Crippen molar-refractivity contribution in [2.75, 3.05) is 5.73 Å². The number of imidazole rings is 1. The quantitative estimate of drug-likeness (QED) is 0.520. The standard InChI is InChI=1S/C4H4N4O2/c5-3-7-8-2(9)1-6-4(8)10-3/h1,9H,(H2,5,7). The van der Waals surface area contributed by atoms with Gasteiger partial charge in [0.15, 0.2) is 0 Å². The van der Waals surface area contributed by atoms with Crippen molar-refractivity contribution >= 4 is 11.9 Å². The van der Waals surface area contributed by atoms with Crippen LogP contribution in [0, 0.1) is 0 Å². The maximum Gasteiger partial charge on any atom is 0.329 e. The third-order valence-electron chi connectivity index (χ3n) is 1.08. The molecular formula is C4H4N4O2. The Labute approximate surface area is 54.9 Å². The van der Waals surface area contributed by atoms with Gasteiger partial charge in [0.25, 0.3) is 0 Å². The van der Waals surface area contributed by atoms with Crippen LogP contribution in [0.15, 0.2) is 10.6 Å². The van der Waals surface area contributed by atoms with Gasteiger partial charge in [-0.25, -0.2) is 0 Å². The molecule has 0 bridgehead atoms. The second-order valence-corrected chi connectivity index (χ2v) is 1.75. The van der Waals surface area contributed by atoms with Crippen LogP contribution in [-0.4, -0.2) is 19.7 Å². The molecule has 3 N–H and O–H groups in total. The average molecular weight is 140 g/mol. The van der Waals surface area contributed by atoms with Gasteiger partial charge in [-0.1, -0.05) is 0 Å². The van der Waals surface area contributed by atoms with Gasteiger partial charge in [0.2, 0.25) is 5.88 Å². The molecule has 2 aromatic heterocycles. The highest BCUT2D eigenvalue weighted by Gasteiger charge is 2.06. The van der Waals surface area contributed by atoms with E-state index >= 15 is 0 Å². The predicted octanol–water partition coefficient (Wildman–Crippen LogP) is -0.390. The number of aromatic nitrogens is 3. The zero-order chi connectivity index (χ0) is 7.14. The summed E-state index contributed by atoms with van der Waals surface area (Å²) in [5, 5.41) is 12.5. The fourth-order valence-electron chi connectivity index (χ4n) is 0.696. The van der Waals surface area contributed by atoms with Crippen LogP contribution in [0.4, 0.5) is 6.01 Å². The summed E-state index contributed by atoms with van der Waals surface area (Å²) in [5.74, 6) is 0.102. The minimum absolute atomic E-state index is 0.0154. The van der Waals surface area contributed by atoms with Crippen LogP contribution in [0.2, 0.25) is 0 Å². The molecular weight excluding hydrogens is 136 g/mol. The van der Waals surface area contributed by atoms with E-state index in [1.54, 1.807) is 0 Å². The predicted molar refractivity (Wildman–Crippen MR) is 31.3 cm³/mol. The molecule has 0 aromatic carbocycles. The molecule has 0 fully saturated rings. The Balaban J connectivity index is 2.90. The van der Waals surface area contributed by atoms with E-state index in [0.29, 0.717) is 0 Å². The molecule has 0 saturated heterocycles. The third-order valence-corrected chi connectivity index (χ3v) is 1.08. The fourth-order valence-corrected chi connectivity index (χ4v) is 0.696. The van der Waals surface area contributed by atoms with E-state index < -0.39 is 0 Å². The molecule has 0 aliphatic heterocycles. The summed E-state index contributed by atoms with van der Waals surface area (Å²) >= 11 is 0. The van der Waals surface area contributed by atoms with Crippen molar-refractivity contribution in [1.82, 2.24) is 14.6 Å². The lowest BCUT2D eigenvalue weighted by Crippen LogP contribution is -1.86. The number of aromatic hydroxyl groups is 1. The second-order valence-electron chi connectivity index (χ2n) is 1.75. The first-order valence-electron chi connectivity index (χ1n) is 2.56. The number of fused-ring (bicyclic) bond motifs is 1. The van der Waals surface area contributed by atoms with Crippen molar-refractivity contribution in [3.63, 3.8) is 0 Å². The van der Waals surface area contributed by atoms with Crippen molar-refractivity contribution in [2.24, 2.45) is 0 Å². The lowest BCUT2D eigenvalue weighted by molar-refractivity contribution is 0.440. The SMILES string of the molecule is Nc1nn2c(O)cnc2o1. The minimum atomic E-state index is -0.0875. The summed E-state index contributed by atoms with van der Waals surface area (Å²) < 4.78 is 5.85. The molecule has 0 spiro atoms. The zero-order valence-electron chi connectivity index (χ0n) is 4.85. The smallest absolute Gasteiger partial charge is 0.329 e. The topological polar surface area (TPSA) is 89.6 Å². The van der Waals surface area contributed by atoms with E-state index in [2.05, 4.69) is 10.1 Å². The molecule has 0 aliphatic rings. The Morgan fingerprint density at radius 2 is 2.50 bits per heavy atom. The molecule has 2 heterocycles. The zero-order valence-corrected chi connectivity index (χ0v) is 4.85. The van der Waals surface area contributed by atoms with Crippen LogP contribution in [0.5, 0.6) is 5.88 Å². The molecule has 6 heteroatoms. The van der Waals surface area contributed by atoms with Crippen LogP contribution < -0.4 is 5.73 Å². The molecule has 0 atom stereocenters. The van der Waals surface area contributed by atoms with Crippen LogP contribution in [0.1, 0.15) is 0 Å². The Kier molecular flexibility index (Phi) is 0.717. The van der Waals surface area contributed by atoms with Crippen LogP contribution in [0.25, 0.3) is 5.84 Å². The number of nitrogens with two attached hydrogens (primary N) is 1. The largest absolute Gasteiger partial charge is 0.492 e. The van der Waals surface area contributed by atoms with Gasteiger partial charge in [0, 0.05) is 0 Å². The highest BCUT2D eigenvalue weighted by molar-refractivity contribution is 5.31. The van der Waals surface area contributed by atoms with Gasteiger partial charge in [-0.2, -0.15) is 4.98 Å². The van der Waals surface area contributed by atoms with Crippen LogP contribution >= 0.6 is 0 Å². The normalized spacial score (nSPS) is 10.8. The molecule has 0 unspecified atom stereocenters. The van der Waals surface area contributed by atoms with E-state index in [0.717, 1.165) is 4.52 Å². The van der Waals surface area contributed by atoms with Gasteiger partial charge < -0.3 is 15.3 Å². The van der Waals surface area contributed by atoms with E-state index in [1.165, 1.54) is 6.20 Å². The number of nitrogen functional groups attached to an aromatic ring is 1. The number of anilines is 1. The average Bonchev–Trinajstić information content (AvgIpc) is 2.35. The molecule has 6 nitrogen and oxygen atoms in total. The highest BCUT2D eigenvalue weighted by atomic mass is 16.4. The van der Waals surface area contributed by atoms with Gasteiger partial charge in [0.1, 0.15) is 0 Å². The summed E-state index contributed by atoms with van der Waals surface area (Å²) in [6.45, 7) is 0. The Bertz CT molecular complexity index is 362. The molecule has 10 heavy (non-hydrogen) atoms. The number of rotatable bonds is 0. The maximum atomic E-state index is 8.95. The second kappa shape index (κ2) is 1.41. The van der Waals surface area contributed by atoms with Crippen molar-refractivity contribution in [1.29, 1.82) is 0 Å². The maximum absolute atomic E-state index is 8.95. The number of nitrogens with zero attached hydrogens (tertiary/aromatic N) is 3. The van der Waals surface area contributed by atoms with Crippen molar-refractivity contribution in [2.45, 2.75) is 0 Å². The fraction of sp³-hybridized carbons (Fsp3) is 0. The summed E-state index contributed by atoms with van der Waals surface area (Å²) in [4.78, 5) is 3.64. The van der Waals surface area contributed by atoms with Gasteiger partial charge in [0.05, 0.1) is 6.20 Å². The lowest BCUT2D eigenvalue weighted by Gasteiger charge is -1.78. The molecule has 52 valence electrons. The van der Waals surface area contributed by atoms with E-state index in [1.807, 2.05) is 0 Å². The monoisotopic (exact) mass is 140 g/mol. The third kappa shape index (κ3) is 0.471. The molecule has 0 radical (unpaired) electrons.